The van der Waals surface area contributed by atoms with Gasteiger partial charge in [-0.05, 0) is 25.0 Å². The minimum Gasteiger partial charge on any atom is -0.469 e. The lowest BCUT2D eigenvalue weighted by Gasteiger charge is -2.04. The topological polar surface area (TPSA) is 51.2 Å². The molecule has 94 valence electrons. The molecule has 0 aliphatic carbocycles. The number of nitrogens with zero attached hydrogens (tertiary/aromatic N) is 1. The molecular formula is C12H17FN2O2. The molecule has 5 heteroatoms. The van der Waals surface area contributed by atoms with Gasteiger partial charge in [0.1, 0.15) is 11.6 Å². The summed E-state index contributed by atoms with van der Waals surface area (Å²) < 4.78 is 17.1. The maximum atomic E-state index is 12.6. The van der Waals surface area contributed by atoms with E-state index in [2.05, 4.69) is 15.0 Å². The molecule has 1 N–H and O–H groups in total. The van der Waals surface area contributed by atoms with E-state index in [0.29, 0.717) is 12.2 Å². The number of hydrogen-bond acceptors (Lipinski definition) is 4. The number of halogens is 1. The van der Waals surface area contributed by atoms with Gasteiger partial charge in [-0.2, -0.15) is 0 Å². The maximum Gasteiger partial charge on any atom is 0.305 e. The molecule has 1 heterocycles. The fourth-order valence-corrected chi connectivity index (χ4v) is 1.37. The molecule has 0 aromatic carbocycles. The van der Waals surface area contributed by atoms with Crippen molar-refractivity contribution in [1.29, 1.82) is 0 Å². The molecule has 1 rings (SSSR count). The summed E-state index contributed by atoms with van der Waals surface area (Å²) >= 11 is 0. The molecule has 0 aliphatic heterocycles. The molecule has 0 radical (unpaired) electrons. The molecule has 0 bridgehead atoms. The number of unbranched alkanes of at least 4 members (excludes halogenated alkanes) is 2. The molecular weight excluding hydrogens is 223 g/mol. The number of nitrogens with one attached hydrogen (secondary N) is 1. The second-order valence-electron chi connectivity index (χ2n) is 3.68. The van der Waals surface area contributed by atoms with Crippen molar-refractivity contribution >= 4 is 11.8 Å². The first-order valence-electron chi connectivity index (χ1n) is 5.64. The predicted molar refractivity (Wildman–Crippen MR) is 63.2 cm³/mol. The lowest BCUT2D eigenvalue weighted by Crippen LogP contribution is -2.04. The summed E-state index contributed by atoms with van der Waals surface area (Å²) in [4.78, 5) is 14.7. The second-order valence-corrected chi connectivity index (χ2v) is 3.68. The van der Waals surface area contributed by atoms with Crippen molar-refractivity contribution in [2.24, 2.45) is 0 Å². The molecule has 0 amide bonds. The molecule has 17 heavy (non-hydrogen) atoms. The average molecular weight is 240 g/mol. The van der Waals surface area contributed by atoms with E-state index in [4.69, 9.17) is 0 Å². The third-order valence-electron chi connectivity index (χ3n) is 2.32. The summed E-state index contributed by atoms with van der Waals surface area (Å²) in [5, 5.41) is 3.08. The molecule has 0 unspecified atom stereocenters. The third kappa shape index (κ3) is 5.85. The molecule has 0 fully saturated rings. The number of carbonyl (C=O) groups excluding carboxylic acids is 1. The van der Waals surface area contributed by atoms with Crippen LogP contribution in [0.15, 0.2) is 18.3 Å². The van der Waals surface area contributed by atoms with E-state index in [1.165, 1.54) is 19.4 Å². The van der Waals surface area contributed by atoms with E-state index >= 15 is 0 Å². The quantitative estimate of drug-likeness (QED) is 0.587. The van der Waals surface area contributed by atoms with Crippen molar-refractivity contribution in [3.05, 3.63) is 24.1 Å². The highest BCUT2D eigenvalue weighted by molar-refractivity contribution is 5.68. The number of aromatic nitrogens is 1. The van der Waals surface area contributed by atoms with Crippen molar-refractivity contribution in [2.75, 3.05) is 19.0 Å². The molecule has 0 saturated heterocycles. The average Bonchev–Trinajstić information content (AvgIpc) is 2.35. The summed E-state index contributed by atoms with van der Waals surface area (Å²) in [6.07, 6.45) is 4.36. The summed E-state index contributed by atoms with van der Waals surface area (Å²) in [5.74, 6) is 0.158. The van der Waals surface area contributed by atoms with Crippen LogP contribution in [0.4, 0.5) is 10.2 Å². The number of carbonyl (C=O) groups is 1. The normalized spacial score (nSPS) is 10.0. The zero-order valence-electron chi connectivity index (χ0n) is 9.91. The van der Waals surface area contributed by atoms with Crippen LogP contribution in [0.5, 0.6) is 0 Å². The van der Waals surface area contributed by atoms with Crippen molar-refractivity contribution in [1.82, 2.24) is 4.98 Å². The van der Waals surface area contributed by atoms with Crippen LogP contribution in [0, 0.1) is 5.82 Å². The van der Waals surface area contributed by atoms with Crippen LogP contribution in [-0.2, 0) is 9.53 Å². The predicted octanol–water partition coefficient (Wildman–Crippen LogP) is 2.37. The van der Waals surface area contributed by atoms with Gasteiger partial charge in [0.25, 0.3) is 0 Å². The van der Waals surface area contributed by atoms with Crippen LogP contribution in [0.3, 0.4) is 0 Å². The Bertz CT molecular complexity index is 341. The molecule has 0 saturated carbocycles. The number of esters is 1. The van der Waals surface area contributed by atoms with Gasteiger partial charge in [0.15, 0.2) is 0 Å². The highest BCUT2D eigenvalue weighted by atomic mass is 19.1. The van der Waals surface area contributed by atoms with Crippen LogP contribution in [0.25, 0.3) is 0 Å². The first-order valence-corrected chi connectivity index (χ1v) is 5.64. The van der Waals surface area contributed by atoms with Crippen LogP contribution >= 0.6 is 0 Å². The largest absolute Gasteiger partial charge is 0.469 e. The van der Waals surface area contributed by atoms with Crippen LogP contribution < -0.4 is 5.32 Å². The lowest BCUT2D eigenvalue weighted by molar-refractivity contribution is -0.140. The Morgan fingerprint density at radius 3 is 2.88 bits per heavy atom. The first kappa shape index (κ1) is 13.4. The molecule has 0 aliphatic rings. The van der Waals surface area contributed by atoms with Crippen molar-refractivity contribution < 1.29 is 13.9 Å². The minimum absolute atomic E-state index is 0.168. The Labute approximate surface area is 100 Å². The highest BCUT2D eigenvalue weighted by Gasteiger charge is 1.99. The van der Waals surface area contributed by atoms with Gasteiger partial charge < -0.3 is 10.1 Å². The fourth-order valence-electron chi connectivity index (χ4n) is 1.37. The molecule has 1 aromatic heterocycles. The van der Waals surface area contributed by atoms with Crippen molar-refractivity contribution in [3.8, 4) is 0 Å². The molecule has 0 spiro atoms. The Balaban J connectivity index is 2.04. The Morgan fingerprint density at radius 2 is 2.24 bits per heavy atom. The number of pyridine rings is 1. The Kier molecular flexibility index (Phi) is 5.99. The van der Waals surface area contributed by atoms with Crippen LogP contribution in [0.1, 0.15) is 25.7 Å². The van der Waals surface area contributed by atoms with Gasteiger partial charge >= 0.3 is 5.97 Å². The van der Waals surface area contributed by atoms with Crippen LogP contribution in [0.2, 0.25) is 0 Å². The van der Waals surface area contributed by atoms with Gasteiger partial charge in [0.2, 0.25) is 0 Å². The summed E-state index contributed by atoms with van der Waals surface area (Å²) in [5.41, 5.74) is 0. The summed E-state index contributed by atoms with van der Waals surface area (Å²) in [7, 11) is 1.39. The summed E-state index contributed by atoms with van der Waals surface area (Å²) in [6, 6.07) is 2.97. The van der Waals surface area contributed by atoms with Gasteiger partial charge in [-0.3, -0.25) is 4.79 Å². The fraction of sp³-hybridized carbons (Fsp3) is 0.500. The number of methoxy groups -OCH3 is 1. The van der Waals surface area contributed by atoms with E-state index < -0.39 is 0 Å². The van der Waals surface area contributed by atoms with Crippen molar-refractivity contribution in [2.45, 2.75) is 25.7 Å². The summed E-state index contributed by atoms with van der Waals surface area (Å²) in [6.45, 7) is 0.764. The van der Waals surface area contributed by atoms with Gasteiger partial charge in [0.05, 0.1) is 13.3 Å². The van der Waals surface area contributed by atoms with Crippen LogP contribution in [-0.4, -0.2) is 24.6 Å². The van der Waals surface area contributed by atoms with E-state index in [1.807, 2.05) is 0 Å². The first-order chi connectivity index (χ1) is 8.22. The number of anilines is 1. The number of hydrogen-bond donors (Lipinski definition) is 1. The zero-order chi connectivity index (χ0) is 12.5. The van der Waals surface area contributed by atoms with Crippen molar-refractivity contribution in [3.63, 3.8) is 0 Å². The zero-order valence-corrected chi connectivity index (χ0v) is 9.91. The van der Waals surface area contributed by atoms with E-state index in [1.54, 1.807) is 6.07 Å². The number of ether oxygens (including phenoxy) is 1. The maximum absolute atomic E-state index is 12.6. The Hall–Kier alpha value is -1.65. The smallest absolute Gasteiger partial charge is 0.305 e. The van der Waals surface area contributed by atoms with E-state index in [9.17, 15) is 9.18 Å². The molecule has 4 nitrogen and oxygen atoms in total. The van der Waals surface area contributed by atoms with E-state index in [-0.39, 0.29) is 11.8 Å². The second kappa shape index (κ2) is 7.60. The highest BCUT2D eigenvalue weighted by Crippen LogP contribution is 2.05. The van der Waals surface area contributed by atoms with Gasteiger partial charge in [-0.25, -0.2) is 9.37 Å². The molecule has 1 aromatic rings. The van der Waals surface area contributed by atoms with Gasteiger partial charge in [-0.1, -0.05) is 6.42 Å². The SMILES string of the molecule is COC(=O)CCCCCNc1ccc(F)cn1. The number of rotatable bonds is 7. The van der Waals surface area contributed by atoms with Gasteiger partial charge in [0, 0.05) is 13.0 Å². The Morgan fingerprint density at radius 1 is 1.41 bits per heavy atom. The minimum atomic E-state index is -0.339. The lowest BCUT2D eigenvalue weighted by atomic mass is 10.2. The monoisotopic (exact) mass is 240 g/mol. The third-order valence-corrected chi connectivity index (χ3v) is 2.32. The molecule has 0 atom stereocenters. The van der Waals surface area contributed by atoms with Gasteiger partial charge in [-0.15, -0.1) is 0 Å². The standard InChI is InChI=1S/C12H17FN2O2/c1-17-12(16)5-3-2-4-8-14-11-7-6-10(13)9-15-11/h6-7,9H,2-5,8H2,1H3,(H,14,15). The van der Waals surface area contributed by atoms with E-state index in [0.717, 1.165) is 25.8 Å².